The van der Waals surface area contributed by atoms with Crippen molar-refractivity contribution < 1.29 is 29.6 Å². The van der Waals surface area contributed by atoms with Gasteiger partial charge in [0, 0.05) is 12.0 Å². The van der Waals surface area contributed by atoms with E-state index in [1.807, 2.05) is 13.0 Å². The molecule has 0 spiro atoms. The molecule has 0 saturated carbocycles. The summed E-state index contributed by atoms with van der Waals surface area (Å²) in [4.78, 5) is 11.6. The van der Waals surface area contributed by atoms with E-state index in [9.17, 15) is 20.1 Å². The molecular weight excluding hydrogens is 516 g/mol. The molecule has 2 aliphatic rings. The standard InChI is InChI=1S/C35H64O6/c1-3-4-5-6-7-8-9-13-16-19-22-31(37)33-24-25-34(41-33)32(38)23-20-17-14-11-10-12-15-18-21-30(36)27-29-26-28(2)40-35(29)39/h26,28,30-34,36-38H,3-25,27H2,1-2H3/t28-,30+,31-,32+,33+,34-/m0/s1. The maximum Gasteiger partial charge on any atom is 0.334 e. The second kappa shape index (κ2) is 22.6. The van der Waals surface area contributed by atoms with Crippen LogP contribution in [0, 0.1) is 0 Å². The summed E-state index contributed by atoms with van der Waals surface area (Å²) in [5.74, 6) is -0.280. The first-order chi connectivity index (χ1) is 19.9. The number of carbonyl (C=O) groups is 1. The summed E-state index contributed by atoms with van der Waals surface area (Å²) in [6.45, 7) is 4.10. The number of aliphatic hydroxyl groups excluding tert-OH is 3. The predicted molar refractivity (Wildman–Crippen MR) is 167 cm³/mol. The number of cyclic esters (lactones) is 1. The summed E-state index contributed by atoms with van der Waals surface area (Å²) in [6, 6.07) is 0. The zero-order chi connectivity index (χ0) is 29.7. The van der Waals surface area contributed by atoms with Crippen LogP contribution in [0.2, 0.25) is 0 Å². The lowest BCUT2D eigenvalue weighted by Crippen LogP contribution is -2.31. The van der Waals surface area contributed by atoms with Crippen molar-refractivity contribution in [3.8, 4) is 0 Å². The predicted octanol–water partition coefficient (Wildman–Crippen LogP) is 8.09. The van der Waals surface area contributed by atoms with Gasteiger partial charge in [-0.2, -0.15) is 0 Å². The van der Waals surface area contributed by atoms with Gasteiger partial charge in [0.25, 0.3) is 0 Å². The first-order valence-electron chi connectivity index (χ1n) is 17.5. The Labute approximate surface area is 251 Å². The fourth-order valence-corrected chi connectivity index (χ4v) is 6.40. The number of hydrogen-bond acceptors (Lipinski definition) is 6. The summed E-state index contributed by atoms with van der Waals surface area (Å²) in [5.41, 5.74) is 0.617. The Morgan fingerprint density at radius 3 is 1.51 bits per heavy atom. The number of aliphatic hydroxyl groups is 3. The highest BCUT2D eigenvalue weighted by atomic mass is 16.5. The van der Waals surface area contributed by atoms with Gasteiger partial charge in [-0.1, -0.05) is 122 Å². The zero-order valence-electron chi connectivity index (χ0n) is 26.6. The van der Waals surface area contributed by atoms with E-state index in [1.54, 1.807) is 0 Å². The molecule has 6 atom stereocenters. The van der Waals surface area contributed by atoms with Gasteiger partial charge < -0.3 is 24.8 Å². The van der Waals surface area contributed by atoms with Crippen molar-refractivity contribution in [2.24, 2.45) is 0 Å². The van der Waals surface area contributed by atoms with Crippen LogP contribution in [0.3, 0.4) is 0 Å². The second-order valence-electron chi connectivity index (χ2n) is 13.0. The molecule has 0 bridgehead atoms. The Morgan fingerprint density at radius 2 is 1.10 bits per heavy atom. The molecule has 6 nitrogen and oxygen atoms in total. The molecule has 2 rings (SSSR count). The molecule has 0 aliphatic carbocycles. The largest absolute Gasteiger partial charge is 0.455 e. The summed E-state index contributed by atoms with van der Waals surface area (Å²) in [7, 11) is 0. The topological polar surface area (TPSA) is 96.2 Å². The van der Waals surface area contributed by atoms with Crippen LogP contribution >= 0.6 is 0 Å². The molecular formula is C35H64O6. The van der Waals surface area contributed by atoms with Gasteiger partial charge in [0.05, 0.1) is 30.5 Å². The number of ether oxygens (including phenoxy) is 2. The van der Waals surface area contributed by atoms with Crippen LogP contribution < -0.4 is 0 Å². The van der Waals surface area contributed by atoms with E-state index in [0.717, 1.165) is 64.2 Å². The van der Waals surface area contributed by atoms with Crippen molar-refractivity contribution in [1.29, 1.82) is 0 Å². The average molecular weight is 581 g/mol. The highest BCUT2D eigenvalue weighted by molar-refractivity contribution is 5.90. The van der Waals surface area contributed by atoms with Crippen LogP contribution in [0.1, 0.15) is 168 Å². The van der Waals surface area contributed by atoms with Gasteiger partial charge in [-0.05, 0) is 45.1 Å². The SMILES string of the molecule is CCCCCCCCCCCC[C@H](O)[C@H]1CC[C@@H]([C@H](O)CCCCCCCCCC[C@@H](O)CC2=C[C@H](C)OC2=O)O1. The van der Waals surface area contributed by atoms with Gasteiger partial charge >= 0.3 is 5.97 Å². The molecule has 1 fully saturated rings. The van der Waals surface area contributed by atoms with E-state index in [0.29, 0.717) is 12.0 Å². The molecule has 0 aromatic heterocycles. The van der Waals surface area contributed by atoms with Gasteiger partial charge in [0.15, 0.2) is 0 Å². The molecule has 0 aromatic rings. The summed E-state index contributed by atoms with van der Waals surface area (Å²) in [5, 5.41) is 31.4. The summed E-state index contributed by atoms with van der Waals surface area (Å²) >= 11 is 0. The lowest BCUT2D eigenvalue weighted by molar-refractivity contribution is -0.139. The highest BCUT2D eigenvalue weighted by Gasteiger charge is 2.34. The Hall–Kier alpha value is -0.950. The minimum atomic E-state index is -0.461. The fourth-order valence-electron chi connectivity index (χ4n) is 6.40. The van der Waals surface area contributed by atoms with E-state index in [2.05, 4.69) is 6.92 Å². The average Bonchev–Trinajstić information content (AvgIpc) is 3.57. The normalized spacial score (nSPS) is 23.0. The number of hydrogen-bond donors (Lipinski definition) is 3. The number of carbonyl (C=O) groups excluding carboxylic acids is 1. The minimum absolute atomic E-state index is 0.102. The quantitative estimate of drug-likeness (QED) is 0.0707. The van der Waals surface area contributed by atoms with E-state index >= 15 is 0 Å². The number of unbranched alkanes of at least 4 members (excludes halogenated alkanes) is 16. The molecule has 0 unspecified atom stereocenters. The van der Waals surface area contributed by atoms with Gasteiger partial charge in [0.2, 0.25) is 0 Å². The molecule has 2 heterocycles. The third-order valence-electron chi connectivity index (χ3n) is 9.03. The second-order valence-corrected chi connectivity index (χ2v) is 13.0. The van der Waals surface area contributed by atoms with E-state index in [-0.39, 0.29) is 24.3 Å². The molecule has 0 radical (unpaired) electrons. The lowest BCUT2D eigenvalue weighted by Gasteiger charge is -2.22. The van der Waals surface area contributed by atoms with Crippen LogP contribution in [0.25, 0.3) is 0 Å². The Bertz CT molecular complexity index is 694. The molecule has 0 aromatic carbocycles. The third kappa shape index (κ3) is 16.5. The van der Waals surface area contributed by atoms with E-state index in [1.165, 1.54) is 83.5 Å². The maximum atomic E-state index is 11.6. The van der Waals surface area contributed by atoms with Crippen molar-refractivity contribution in [3.63, 3.8) is 0 Å². The zero-order valence-corrected chi connectivity index (χ0v) is 26.6. The van der Waals surface area contributed by atoms with Gasteiger partial charge in [0.1, 0.15) is 6.10 Å². The minimum Gasteiger partial charge on any atom is -0.455 e. The lowest BCUT2D eigenvalue weighted by atomic mass is 9.99. The Balaban J connectivity index is 1.37. The molecule has 1 saturated heterocycles. The molecule has 0 amide bonds. The van der Waals surface area contributed by atoms with Crippen LogP contribution in [0.5, 0.6) is 0 Å². The van der Waals surface area contributed by atoms with Crippen LogP contribution in [-0.4, -0.2) is 57.9 Å². The Kier molecular flexibility index (Phi) is 20.0. The van der Waals surface area contributed by atoms with Crippen molar-refractivity contribution in [1.82, 2.24) is 0 Å². The summed E-state index contributed by atoms with van der Waals surface area (Å²) < 4.78 is 11.2. The molecule has 3 N–H and O–H groups in total. The monoisotopic (exact) mass is 580 g/mol. The molecule has 240 valence electrons. The number of esters is 1. The molecule has 2 aliphatic heterocycles. The smallest absolute Gasteiger partial charge is 0.334 e. The van der Waals surface area contributed by atoms with E-state index in [4.69, 9.17) is 9.47 Å². The maximum absolute atomic E-state index is 11.6. The first kappa shape index (κ1) is 36.2. The van der Waals surface area contributed by atoms with Crippen LogP contribution in [0.15, 0.2) is 11.6 Å². The van der Waals surface area contributed by atoms with Gasteiger partial charge in [-0.3, -0.25) is 0 Å². The summed E-state index contributed by atoms with van der Waals surface area (Å²) in [6.07, 6.45) is 26.7. The van der Waals surface area contributed by atoms with E-state index < -0.39 is 18.3 Å². The molecule has 6 heteroatoms. The van der Waals surface area contributed by atoms with Crippen molar-refractivity contribution in [3.05, 3.63) is 11.6 Å². The van der Waals surface area contributed by atoms with Gasteiger partial charge in [-0.15, -0.1) is 0 Å². The third-order valence-corrected chi connectivity index (χ3v) is 9.03. The van der Waals surface area contributed by atoms with Crippen molar-refractivity contribution >= 4 is 5.97 Å². The van der Waals surface area contributed by atoms with Crippen LogP contribution in [0.4, 0.5) is 0 Å². The van der Waals surface area contributed by atoms with Crippen molar-refractivity contribution in [2.45, 2.75) is 205 Å². The Morgan fingerprint density at radius 1 is 0.683 bits per heavy atom. The highest BCUT2D eigenvalue weighted by Crippen LogP contribution is 2.28. The molecule has 41 heavy (non-hydrogen) atoms. The fraction of sp³-hybridized carbons (Fsp3) is 0.914. The van der Waals surface area contributed by atoms with Gasteiger partial charge in [-0.25, -0.2) is 4.79 Å². The van der Waals surface area contributed by atoms with Crippen molar-refractivity contribution in [2.75, 3.05) is 0 Å². The van der Waals surface area contributed by atoms with Crippen LogP contribution in [-0.2, 0) is 14.3 Å². The number of rotatable bonds is 26. The first-order valence-corrected chi connectivity index (χ1v) is 17.5.